The molecule has 1 unspecified atom stereocenters. The third kappa shape index (κ3) is 2.55. The number of nitrogens with two attached hydrogens (primary N) is 1. The van der Waals surface area contributed by atoms with Gasteiger partial charge in [-0.25, -0.2) is 0 Å². The van der Waals surface area contributed by atoms with Crippen LogP contribution in [0.1, 0.15) is 16.4 Å². The second kappa shape index (κ2) is 5.86. The summed E-state index contributed by atoms with van der Waals surface area (Å²) in [4.78, 5) is 13.1. The number of rotatable bonds is 3. The van der Waals surface area contributed by atoms with Gasteiger partial charge < -0.3 is 15.4 Å². The Kier molecular flexibility index (Phi) is 3.87. The lowest BCUT2D eigenvalue weighted by Gasteiger charge is -2.26. The number of hydrogen-bond donors (Lipinski definition) is 1. The summed E-state index contributed by atoms with van der Waals surface area (Å²) in [7, 11) is 3.81. The van der Waals surface area contributed by atoms with E-state index in [1.54, 1.807) is 0 Å². The molecule has 3 rings (SSSR count). The number of anilines is 1. The fourth-order valence-electron chi connectivity index (χ4n) is 2.60. The molecule has 0 aliphatic carbocycles. The molecule has 1 aromatic carbocycles. The molecule has 2 heterocycles. The summed E-state index contributed by atoms with van der Waals surface area (Å²) in [5.41, 5.74) is 7.88. The van der Waals surface area contributed by atoms with E-state index < -0.39 is 10.8 Å². The third-order valence-electron chi connectivity index (χ3n) is 3.82. The fraction of sp³-hybridized carbons (Fsp3) is 0.188. The SMILES string of the molecule is CN(C)c1ccc2c(c1)OC(N)=C(C#N)C2c1cc([N+](=O)[O-])cs1. The average Bonchev–Trinajstić information content (AvgIpc) is 3.02. The van der Waals surface area contributed by atoms with Gasteiger partial charge in [0.25, 0.3) is 5.69 Å². The number of nitro groups is 1. The molecule has 0 amide bonds. The van der Waals surface area contributed by atoms with Gasteiger partial charge in [0.1, 0.15) is 17.4 Å². The maximum atomic E-state index is 11.0. The van der Waals surface area contributed by atoms with Crippen LogP contribution in [-0.2, 0) is 0 Å². The highest BCUT2D eigenvalue weighted by Crippen LogP contribution is 2.45. The number of allylic oxidation sites excluding steroid dienone is 1. The number of nitrogens with zero attached hydrogens (tertiary/aromatic N) is 3. The first-order valence-electron chi connectivity index (χ1n) is 7.04. The van der Waals surface area contributed by atoms with E-state index >= 15 is 0 Å². The van der Waals surface area contributed by atoms with Crippen LogP contribution in [0.15, 0.2) is 41.1 Å². The van der Waals surface area contributed by atoms with E-state index in [1.165, 1.54) is 22.8 Å². The second-order valence-electron chi connectivity index (χ2n) is 5.51. The zero-order valence-corrected chi connectivity index (χ0v) is 13.8. The highest BCUT2D eigenvalue weighted by Gasteiger charge is 2.32. The lowest BCUT2D eigenvalue weighted by Crippen LogP contribution is -2.21. The molecule has 8 heteroatoms. The van der Waals surface area contributed by atoms with Crippen LogP contribution in [-0.4, -0.2) is 19.0 Å². The van der Waals surface area contributed by atoms with Crippen molar-refractivity contribution in [2.45, 2.75) is 5.92 Å². The topological polar surface area (TPSA) is 105 Å². The molecular formula is C16H14N4O3S. The van der Waals surface area contributed by atoms with Gasteiger partial charge in [-0.1, -0.05) is 6.07 Å². The van der Waals surface area contributed by atoms with Crippen molar-refractivity contribution in [1.29, 1.82) is 5.26 Å². The molecular weight excluding hydrogens is 328 g/mol. The van der Waals surface area contributed by atoms with Crippen molar-refractivity contribution < 1.29 is 9.66 Å². The van der Waals surface area contributed by atoms with Gasteiger partial charge in [0.2, 0.25) is 5.88 Å². The Labute approximate surface area is 142 Å². The quantitative estimate of drug-likeness (QED) is 0.679. The molecule has 0 spiro atoms. The average molecular weight is 342 g/mol. The lowest BCUT2D eigenvalue weighted by molar-refractivity contribution is -0.384. The number of nitriles is 1. The predicted molar refractivity (Wildman–Crippen MR) is 91.0 cm³/mol. The van der Waals surface area contributed by atoms with Crippen molar-refractivity contribution in [2.24, 2.45) is 5.73 Å². The predicted octanol–water partition coefficient (Wildman–Crippen LogP) is 2.94. The van der Waals surface area contributed by atoms with Gasteiger partial charge in [-0.15, -0.1) is 11.3 Å². The second-order valence-corrected chi connectivity index (χ2v) is 6.45. The van der Waals surface area contributed by atoms with Crippen LogP contribution in [0.4, 0.5) is 11.4 Å². The van der Waals surface area contributed by atoms with Crippen LogP contribution in [0.25, 0.3) is 0 Å². The summed E-state index contributed by atoms with van der Waals surface area (Å²) < 4.78 is 5.61. The normalized spacial score (nSPS) is 16.1. The summed E-state index contributed by atoms with van der Waals surface area (Å²) in [6.45, 7) is 0. The smallest absolute Gasteiger partial charge is 0.280 e. The number of ether oxygens (including phenoxy) is 1. The number of hydrogen-bond acceptors (Lipinski definition) is 7. The molecule has 1 atom stereocenters. The zero-order valence-electron chi connectivity index (χ0n) is 13.0. The van der Waals surface area contributed by atoms with Crippen molar-refractivity contribution in [3.8, 4) is 11.8 Å². The van der Waals surface area contributed by atoms with Crippen LogP contribution in [0.3, 0.4) is 0 Å². The molecule has 1 aliphatic rings. The van der Waals surface area contributed by atoms with Crippen LogP contribution in [0.5, 0.6) is 5.75 Å². The Morgan fingerprint density at radius 2 is 2.17 bits per heavy atom. The molecule has 0 radical (unpaired) electrons. The van der Waals surface area contributed by atoms with E-state index in [-0.39, 0.29) is 17.1 Å². The van der Waals surface area contributed by atoms with Gasteiger partial charge >= 0.3 is 0 Å². The molecule has 2 aromatic rings. The van der Waals surface area contributed by atoms with Crippen molar-refractivity contribution in [3.05, 3.63) is 61.7 Å². The van der Waals surface area contributed by atoms with Crippen LogP contribution in [0.2, 0.25) is 0 Å². The molecule has 24 heavy (non-hydrogen) atoms. The van der Waals surface area contributed by atoms with E-state index in [0.717, 1.165) is 11.3 Å². The van der Waals surface area contributed by atoms with Gasteiger partial charge in [-0.3, -0.25) is 10.1 Å². The molecule has 1 aliphatic heterocycles. The zero-order chi connectivity index (χ0) is 17.4. The number of thiophene rings is 1. The summed E-state index contributed by atoms with van der Waals surface area (Å²) in [6, 6.07) is 9.17. The third-order valence-corrected chi connectivity index (χ3v) is 4.81. The van der Waals surface area contributed by atoms with E-state index in [1.807, 2.05) is 37.2 Å². The molecule has 122 valence electrons. The van der Waals surface area contributed by atoms with Crippen molar-refractivity contribution in [1.82, 2.24) is 0 Å². The van der Waals surface area contributed by atoms with E-state index in [2.05, 4.69) is 6.07 Å². The summed E-state index contributed by atoms with van der Waals surface area (Å²) in [5.74, 6) is 0.120. The molecule has 0 saturated carbocycles. The molecule has 0 bridgehead atoms. The van der Waals surface area contributed by atoms with Gasteiger partial charge in [0.05, 0.1) is 16.2 Å². The Morgan fingerprint density at radius 1 is 1.42 bits per heavy atom. The van der Waals surface area contributed by atoms with Gasteiger partial charge in [-0.05, 0) is 6.07 Å². The van der Waals surface area contributed by atoms with E-state index in [9.17, 15) is 15.4 Å². The Bertz CT molecular complexity index is 895. The Hall–Kier alpha value is -3.05. The van der Waals surface area contributed by atoms with Crippen molar-refractivity contribution >= 4 is 22.7 Å². The minimum atomic E-state index is -0.464. The van der Waals surface area contributed by atoms with Crippen LogP contribution in [0, 0.1) is 21.4 Å². The Morgan fingerprint density at radius 3 is 2.75 bits per heavy atom. The largest absolute Gasteiger partial charge is 0.440 e. The monoisotopic (exact) mass is 342 g/mol. The highest BCUT2D eigenvalue weighted by molar-refractivity contribution is 7.10. The minimum absolute atomic E-state index is 0.00353. The standard InChI is InChI=1S/C16H14N4O3S/c1-19(2)9-3-4-11-13(5-9)23-16(18)12(7-17)15(11)14-6-10(8-24-14)20(21)22/h3-6,8,15H,18H2,1-2H3. The van der Waals surface area contributed by atoms with Crippen LogP contribution < -0.4 is 15.4 Å². The molecule has 2 N–H and O–H groups in total. The molecule has 1 aromatic heterocycles. The van der Waals surface area contributed by atoms with Gasteiger partial charge in [0.15, 0.2) is 0 Å². The Balaban J connectivity index is 2.16. The summed E-state index contributed by atoms with van der Waals surface area (Å²) >= 11 is 1.23. The van der Waals surface area contributed by atoms with Crippen LogP contribution >= 0.6 is 11.3 Å². The molecule has 7 nitrogen and oxygen atoms in total. The maximum absolute atomic E-state index is 11.0. The number of benzene rings is 1. The van der Waals surface area contributed by atoms with Crippen molar-refractivity contribution in [3.63, 3.8) is 0 Å². The van der Waals surface area contributed by atoms with Gasteiger partial charge in [-0.2, -0.15) is 5.26 Å². The summed E-state index contributed by atoms with van der Waals surface area (Å²) in [5, 5.41) is 21.9. The van der Waals surface area contributed by atoms with Crippen molar-refractivity contribution in [2.75, 3.05) is 19.0 Å². The maximum Gasteiger partial charge on any atom is 0.280 e. The molecule has 0 fully saturated rings. The first-order chi connectivity index (χ1) is 11.4. The summed E-state index contributed by atoms with van der Waals surface area (Å²) in [6.07, 6.45) is 0. The highest BCUT2D eigenvalue weighted by atomic mass is 32.1. The molecule has 0 saturated heterocycles. The van der Waals surface area contributed by atoms with E-state index in [4.69, 9.17) is 10.5 Å². The van der Waals surface area contributed by atoms with E-state index in [0.29, 0.717) is 10.6 Å². The van der Waals surface area contributed by atoms with Gasteiger partial charge in [0, 0.05) is 42.4 Å². The first kappa shape index (κ1) is 15.8. The first-order valence-corrected chi connectivity index (χ1v) is 7.92. The fourth-order valence-corrected chi connectivity index (χ4v) is 3.58. The number of fused-ring (bicyclic) bond motifs is 1. The lowest BCUT2D eigenvalue weighted by atomic mass is 9.88. The minimum Gasteiger partial charge on any atom is -0.440 e.